The highest BCUT2D eigenvalue weighted by atomic mass is 35.5. The number of carbonyl (C=O) groups is 2. The van der Waals surface area contributed by atoms with Crippen LogP contribution in [0.15, 0.2) is 0 Å². The molecule has 0 aromatic carbocycles. The minimum Gasteiger partial charge on any atom is -0.463 e. The molecule has 0 aliphatic carbocycles. The molecule has 2 N–H and O–H groups in total. The third kappa shape index (κ3) is 6.30. The fourth-order valence-corrected chi connectivity index (χ4v) is 0.781. The molecule has 2 atom stereocenters. The van der Waals surface area contributed by atoms with E-state index in [-0.39, 0.29) is 19.0 Å². The Balaban J connectivity index is 0. The van der Waals surface area contributed by atoms with Crippen LogP contribution < -0.4 is 5.73 Å². The van der Waals surface area contributed by atoms with Crippen molar-refractivity contribution in [1.29, 1.82) is 0 Å². The van der Waals surface area contributed by atoms with E-state index < -0.39 is 24.1 Å². The zero-order valence-corrected chi connectivity index (χ0v) is 10.0. The maximum atomic E-state index is 11.2. The van der Waals surface area contributed by atoms with E-state index in [2.05, 4.69) is 0 Å². The fraction of sp³-hybridized carbons (Fsp3) is 0.778. The molecule has 0 heterocycles. The monoisotopic (exact) mass is 239 g/mol. The summed E-state index contributed by atoms with van der Waals surface area (Å²) in [5.41, 5.74) is 5.29. The standard InChI is InChI=1S/C9H17NO4.ClH/c1-4-7(9(12)13-5-2)14-8(11)6(3)10;/h6-7H,4-5,10H2,1-3H3;1H/t6-,7?;/m0./s1. The van der Waals surface area contributed by atoms with Crippen molar-refractivity contribution < 1.29 is 19.1 Å². The van der Waals surface area contributed by atoms with Crippen LogP contribution in [0, 0.1) is 0 Å². The molecule has 15 heavy (non-hydrogen) atoms. The van der Waals surface area contributed by atoms with E-state index in [0.717, 1.165) is 0 Å². The van der Waals surface area contributed by atoms with E-state index in [1.165, 1.54) is 6.92 Å². The molecule has 5 nitrogen and oxygen atoms in total. The van der Waals surface area contributed by atoms with Crippen molar-refractivity contribution in [3.05, 3.63) is 0 Å². The van der Waals surface area contributed by atoms with E-state index in [9.17, 15) is 9.59 Å². The Hall–Kier alpha value is -0.810. The zero-order valence-electron chi connectivity index (χ0n) is 9.19. The lowest BCUT2D eigenvalue weighted by Gasteiger charge is -2.15. The Morgan fingerprint density at radius 2 is 1.80 bits per heavy atom. The van der Waals surface area contributed by atoms with Crippen molar-refractivity contribution in [1.82, 2.24) is 0 Å². The van der Waals surface area contributed by atoms with Crippen LogP contribution in [0.2, 0.25) is 0 Å². The summed E-state index contributed by atoms with van der Waals surface area (Å²) in [5.74, 6) is -1.12. The first-order chi connectivity index (χ1) is 6.52. The van der Waals surface area contributed by atoms with Gasteiger partial charge in [-0.2, -0.15) is 0 Å². The van der Waals surface area contributed by atoms with Gasteiger partial charge in [0.1, 0.15) is 6.04 Å². The van der Waals surface area contributed by atoms with E-state index >= 15 is 0 Å². The zero-order chi connectivity index (χ0) is 11.1. The van der Waals surface area contributed by atoms with Gasteiger partial charge in [0.15, 0.2) is 6.10 Å². The molecule has 0 amide bonds. The van der Waals surface area contributed by atoms with E-state index in [1.807, 2.05) is 0 Å². The topological polar surface area (TPSA) is 78.6 Å². The molecule has 1 unspecified atom stereocenters. The molecule has 0 aromatic rings. The first-order valence-electron chi connectivity index (χ1n) is 4.65. The molecule has 0 aliphatic rings. The summed E-state index contributed by atoms with van der Waals surface area (Å²) in [5, 5.41) is 0. The van der Waals surface area contributed by atoms with Gasteiger partial charge in [-0.15, -0.1) is 12.4 Å². The third-order valence-corrected chi connectivity index (χ3v) is 1.55. The number of hydrogen-bond donors (Lipinski definition) is 1. The highest BCUT2D eigenvalue weighted by Gasteiger charge is 2.23. The van der Waals surface area contributed by atoms with Crippen molar-refractivity contribution in [3.8, 4) is 0 Å². The van der Waals surface area contributed by atoms with Crippen LogP contribution in [0.1, 0.15) is 27.2 Å². The van der Waals surface area contributed by atoms with Gasteiger partial charge in [0, 0.05) is 0 Å². The lowest BCUT2D eigenvalue weighted by molar-refractivity contribution is -0.168. The molecule has 0 radical (unpaired) electrons. The Bertz CT molecular complexity index is 208. The van der Waals surface area contributed by atoms with Crippen LogP contribution in [0.4, 0.5) is 0 Å². The second-order valence-electron chi connectivity index (χ2n) is 2.87. The SMILES string of the molecule is CCOC(=O)C(CC)OC(=O)[C@H](C)N.Cl. The van der Waals surface area contributed by atoms with Gasteiger partial charge in [0.25, 0.3) is 0 Å². The summed E-state index contributed by atoms with van der Waals surface area (Å²) < 4.78 is 9.56. The quantitative estimate of drug-likeness (QED) is 0.713. The lowest BCUT2D eigenvalue weighted by atomic mass is 10.2. The van der Waals surface area contributed by atoms with Crippen molar-refractivity contribution in [2.45, 2.75) is 39.3 Å². The predicted octanol–water partition coefficient (Wildman–Crippen LogP) is 0.640. The number of hydrogen-bond acceptors (Lipinski definition) is 5. The molecule has 6 heteroatoms. The first-order valence-corrected chi connectivity index (χ1v) is 4.65. The smallest absolute Gasteiger partial charge is 0.347 e. The minimum absolute atomic E-state index is 0. The molecule has 90 valence electrons. The number of carbonyl (C=O) groups excluding carboxylic acids is 2. The first kappa shape index (κ1) is 16.6. The van der Waals surface area contributed by atoms with Gasteiger partial charge < -0.3 is 15.2 Å². The molecule has 0 saturated heterocycles. The van der Waals surface area contributed by atoms with Gasteiger partial charge in [0.05, 0.1) is 6.61 Å². The maximum Gasteiger partial charge on any atom is 0.347 e. The molecule has 0 saturated carbocycles. The number of halogens is 1. The van der Waals surface area contributed by atoms with Gasteiger partial charge in [0.2, 0.25) is 0 Å². The maximum absolute atomic E-state index is 11.2. The number of rotatable bonds is 5. The van der Waals surface area contributed by atoms with Gasteiger partial charge in [-0.05, 0) is 20.3 Å². The largest absolute Gasteiger partial charge is 0.463 e. The summed E-state index contributed by atoms with van der Waals surface area (Å²) in [6.07, 6.45) is -0.453. The average molecular weight is 240 g/mol. The van der Waals surface area contributed by atoms with Crippen LogP contribution in [0.25, 0.3) is 0 Å². The van der Waals surface area contributed by atoms with Crippen LogP contribution >= 0.6 is 12.4 Å². The van der Waals surface area contributed by atoms with Gasteiger partial charge >= 0.3 is 11.9 Å². The van der Waals surface area contributed by atoms with Gasteiger partial charge in [-0.25, -0.2) is 4.79 Å². The molecule has 0 fully saturated rings. The summed E-state index contributed by atoms with van der Waals surface area (Å²) in [6, 6.07) is -0.724. The van der Waals surface area contributed by atoms with Crippen molar-refractivity contribution >= 4 is 24.3 Å². The molecule has 0 aromatic heterocycles. The second kappa shape index (κ2) is 8.49. The number of esters is 2. The summed E-state index contributed by atoms with van der Waals surface area (Å²) in [7, 11) is 0. The Morgan fingerprint density at radius 3 is 2.13 bits per heavy atom. The summed E-state index contributed by atoms with van der Waals surface area (Å²) in [6.45, 7) is 5.19. The fourth-order valence-electron chi connectivity index (χ4n) is 0.781. The van der Waals surface area contributed by atoms with Crippen LogP contribution in [-0.2, 0) is 19.1 Å². The normalized spacial score (nSPS) is 13.3. The average Bonchev–Trinajstić information content (AvgIpc) is 2.13. The highest BCUT2D eigenvalue weighted by molar-refractivity contribution is 5.85. The molecular weight excluding hydrogens is 222 g/mol. The Kier molecular flexibility index (Phi) is 9.41. The molecule has 0 bridgehead atoms. The van der Waals surface area contributed by atoms with Crippen molar-refractivity contribution in [2.24, 2.45) is 5.73 Å². The Morgan fingerprint density at radius 1 is 1.27 bits per heavy atom. The van der Waals surface area contributed by atoms with E-state index in [0.29, 0.717) is 6.42 Å². The van der Waals surface area contributed by atoms with Crippen LogP contribution in [-0.4, -0.2) is 30.7 Å². The Labute approximate surface area is 95.7 Å². The third-order valence-electron chi connectivity index (χ3n) is 1.55. The van der Waals surface area contributed by atoms with Crippen molar-refractivity contribution in [2.75, 3.05) is 6.61 Å². The van der Waals surface area contributed by atoms with Gasteiger partial charge in [-0.3, -0.25) is 4.79 Å². The molecule has 0 rings (SSSR count). The molecule has 0 aliphatic heterocycles. The van der Waals surface area contributed by atoms with Gasteiger partial charge in [-0.1, -0.05) is 6.92 Å². The summed E-state index contributed by atoms with van der Waals surface area (Å²) >= 11 is 0. The summed E-state index contributed by atoms with van der Waals surface area (Å²) in [4.78, 5) is 22.3. The lowest BCUT2D eigenvalue weighted by Crippen LogP contribution is -2.36. The second-order valence-corrected chi connectivity index (χ2v) is 2.87. The molecule has 0 spiro atoms. The highest BCUT2D eigenvalue weighted by Crippen LogP contribution is 2.02. The number of ether oxygens (including phenoxy) is 2. The van der Waals surface area contributed by atoms with Crippen LogP contribution in [0.3, 0.4) is 0 Å². The minimum atomic E-state index is -0.839. The van der Waals surface area contributed by atoms with E-state index in [1.54, 1.807) is 13.8 Å². The van der Waals surface area contributed by atoms with Crippen molar-refractivity contribution in [3.63, 3.8) is 0 Å². The van der Waals surface area contributed by atoms with E-state index in [4.69, 9.17) is 15.2 Å². The molecular formula is C9H18ClNO4. The number of nitrogens with two attached hydrogens (primary N) is 1. The van der Waals surface area contributed by atoms with Crippen LogP contribution in [0.5, 0.6) is 0 Å². The predicted molar refractivity (Wildman–Crippen MR) is 57.7 cm³/mol.